The van der Waals surface area contributed by atoms with Crippen LogP contribution in [0.2, 0.25) is 0 Å². The number of carboxylic acid groups (broad SMARTS) is 1. The van der Waals surface area contributed by atoms with Gasteiger partial charge in [-0.05, 0) is 18.3 Å². The zero-order chi connectivity index (χ0) is 18.8. The number of rotatable bonds is 12. The number of hydrogen-bond acceptors (Lipinski definition) is 4. The van der Waals surface area contributed by atoms with Gasteiger partial charge < -0.3 is 9.84 Å². The van der Waals surface area contributed by atoms with Crippen molar-refractivity contribution in [2.24, 2.45) is 23.2 Å². The van der Waals surface area contributed by atoms with Crippen LogP contribution in [0.1, 0.15) is 73.1 Å². The second-order valence-electron chi connectivity index (χ2n) is 6.69. The third-order valence-electron chi connectivity index (χ3n) is 5.13. The van der Waals surface area contributed by atoms with Crippen molar-refractivity contribution in [3.8, 4) is 6.07 Å². The van der Waals surface area contributed by atoms with Crippen LogP contribution in [0.25, 0.3) is 0 Å². The number of esters is 1. The maximum atomic E-state index is 12.7. The van der Waals surface area contributed by atoms with Gasteiger partial charge in [-0.3, -0.25) is 9.59 Å². The Labute approximate surface area is 146 Å². The number of aliphatic carboxylic acids is 1. The van der Waals surface area contributed by atoms with E-state index in [0.717, 1.165) is 25.7 Å². The highest BCUT2D eigenvalue weighted by Crippen LogP contribution is 2.43. The lowest BCUT2D eigenvalue weighted by Crippen LogP contribution is -2.49. The molecule has 4 unspecified atom stereocenters. The Morgan fingerprint density at radius 1 is 1.12 bits per heavy atom. The minimum atomic E-state index is -1.75. The summed E-state index contributed by atoms with van der Waals surface area (Å²) >= 11 is 0. The number of ether oxygens (including phenoxy) is 1. The lowest BCUT2D eigenvalue weighted by atomic mass is 9.62. The van der Waals surface area contributed by atoms with Gasteiger partial charge in [0.05, 0.1) is 18.6 Å². The second-order valence-corrected chi connectivity index (χ2v) is 6.69. The van der Waals surface area contributed by atoms with E-state index in [1.165, 1.54) is 0 Å². The van der Waals surface area contributed by atoms with E-state index in [0.29, 0.717) is 12.8 Å². The number of unbranched alkanes of at least 4 members (excludes halogenated alkanes) is 3. The molecule has 5 nitrogen and oxygen atoms in total. The normalized spacial score (nSPS) is 17.2. The topological polar surface area (TPSA) is 87.4 Å². The van der Waals surface area contributed by atoms with E-state index in [1.54, 1.807) is 6.92 Å². The monoisotopic (exact) mass is 339 g/mol. The van der Waals surface area contributed by atoms with Gasteiger partial charge in [-0.2, -0.15) is 5.26 Å². The minimum absolute atomic E-state index is 0.238. The molecule has 0 spiro atoms. The van der Waals surface area contributed by atoms with Crippen LogP contribution in [0, 0.1) is 34.5 Å². The largest absolute Gasteiger partial charge is 0.480 e. The van der Waals surface area contributed by atoms with Gasteiger partial charge in [0.2, 0.25) is 0 Å². The van der Waals surface area contributed by atoms with Gasteiger partial charge in [-0.25, -0.2) is 0 Å². The first kappa shape index (κ1) is 22.4. The second kappa shape index (κ2) is 11.1. The Hall–Kier alpha value is -1.57. The van der Waals surface area contributed by atoms with E-state index < -0.39 is 29.2 Å². The van der Waals surface area contributed by atoms with Crippen molar-refractivity contribution in [1.29, 1.82) is 5.26 Å². The van der Waals surface area contributed by atoms with Crippen LogP contribution in [0.4, 0.5) is 0 Å². The van der Waals surface area contributed by atoms with E-state index in [1.807, 2.05) is 26.8 Å². The summed E-state index contributed by atoms with van der Waals surface area (Å²) in [4.78, 5) is 24.7. The van der Waals surface area contributed by atoms with Crippen LogP contribution in [0.5, 0.6) is 0 Å². The Balaban J connectivity index is 5.45. The maximum absolute atomic E-state index is 12.7. The molecule has 24 heavy (non-hydrogen) atoms. The maximum Gasteiger partial charge on any atom is 0.325 e. The number of carboxylic acids is 1. The van der Waals surface area contributed by atoms with Crippen LogP contribution < -0.4 is 0 Å². The minimum Gasteiger partial charge on any atom is -0.480 e. The zero-order valence-corrected chi connectivity index (χ0v) is 15.8. The van der Waals surface area contributed by atoms with E-state index in [2.05, 4.69) is 6.92 Å². The highest BCUT2D eigenvalue weighted by molar-refractivity contribution is 5.87. The summed E-state index contributed by atoms with van der Waals surface area (Å²) in [6.45, 7) is 9.66. The van der Waals surface area contributed by atoms with Crippen LogP contribution in [0.15, 0.2) is 0 Å². The fraction of sp³-hybridized carbons (Fsp3) is 0.842. The molecule has 0 aliphatic heterocycles. The van der Waals surface area contributed by atoms with Crippen molar-refractivity contribution in [2.75, 3.05) is 6.61 Å². The molecule has 0 aliphatic rings. The molecule has 0 saturated carbocycles. The van der Waals surface area contributed by atoms with Crippen molar-refractivity contribution in [3.05, 3.63) is 0 Å². The number of nitrogens with zero attached hydrogens (tertiary/aromatic N) is 1. The molecule has 0 aromatic rings. The predicted molar refractivity (Wildman–Crippen MR) is 93.2 cm³/mol. The summed E-state index contributed by atoms with van der Waals surface area (Å²) in [5.41, 5.74) is -1.75. The lowest BCUT2D eigenvalue weighted by Gasteiger charge is -2.37. The third kappa shape index (κ3) is 5.22. The molecule has 5 heteroatoms. The SMILES string of the molecule is CCCCCCOC(=O)C(C(C)CC)C(C#N)(C(=O)O)C(C)CC. The molecule has 0 aromatic heterocycles. The molecule has 4 atom stereocenters. The number of hydrogen-bond donors (Lipinski definition) is 1. The van der Waals surface area contributed by atoms with E-state index in [-0.39, 0.29) is 12.5 Å². The summed E-state index contributed by atoms with van der Waals surface area (Å²) < 4.78 is 5.37. The summed E-state index contributed by atoms with van der Waals surface area (Å²) in [5.74, 6) is -3.41. The molecule has 0 radical (unpaired) electrons. The van der Waals surface area contributed by atoms with Gasteiger partial charge in [0.1, 0.15) is 0 Å². The molecule has 1 N–H and O–H groups in total. The van der Waals surface area contributed by atoms with E-state index >= 15 is 0 Å². The summed E-state index contributed by atoms with van der Waals surface area (Å²) in [5, 5.41) is 19.5. The van der Waals surface area contributed by atoms with Crippen LogP contribution in [0.3, 0.4) is 0 Å². The first-order valence-corrected chi connectivity index (χ1v) is 9.14. The quantitative estimate of drug-likeness (QED) is 0.420. The molecular formula is C19H33NO4. The molecule has 138 valence electrons. The average Bonchev–Trinajstić information content (AvgIpc) is 2.57. The molecule has 0 saturated heterocycles. The lowest BCUT2D eigenvalue weighted by molar-refractivity contribution is -0.168. The molecule has 0 rings (SSSR count). The zero-order valence-electron chi connectivity index (χ0n) is 15.8. The van der Waals surface area contributed by atoms with Crippen LogP contribution >= 0.6 is 0 Å². The molecule has 0 heterocycles. The Kier molecular flexibility index (Phi) is 10.3. The average molecular weight is 339 g/mol. The van der Waals surface area contributed by atoms with Gasteiger partial charge in [-0.1, -0.05) is 66.7 Å². The molecular weight excluding hydrogens is 306 g/mol. The van der Waals surface area contributed by atoms with Gasteiger partial charge in [-0.15, -0.1) is 0 Å². The van der Waals surface area contributed by atoms with Crippen molar-refractivity contribution in [1.82, 2.24) is 0 Å². The highest BCUT2D eigenvalue weighted by atomic mass is 16.5. The number of nitriles is 1. The van der Waals surface area contributed by atoms with Gasteiger partial charge in [0, 0.05) is 0 Å². The van der Waals surface area contributed by atoms with Crippen LogP contribution in [-0.4, -0.2) is 23.7 Å². The molecule has 0 aliphatic carbocycles. The summed E-state index contributed by atoms with van der Waals surface area (Å²) in [7, 11) is 0. The Morgan fingerprint density at radius 2 is 1.75 bits per heavy atom. The fourth-order valence-corrected chi connectivity index (χ4v) is 3.09. The molecule has 0 aromatic carbocycles. The predicted octanol–water partition coefficient (Wildman–Crippen LogP) is 4.41. The van der Waals surface area contributed by atoms with Gasteiger partial charge >= 0.3 is 11.9 Å². The molecule has 0 bridgehead atoms. The summed E-state index contributed by atoms with van der Waals surface area (Å²) in [6.07, 6.45) is 5.04. The van der Waals surface area contributed by atoms with Crippen molar-refractivity contribution in [3.63, 3.8) is 0 Å². The highest BCUT2D eigenvalue weighted by Gasteiger charge is 2.55. The molecule has 0 fully saturated rings. The standard InChI is InChI=1S/C19H33NO4/c1-6-9-10-11-12-24-17(21)16(14(4)7-2)19(13-20,18(22)23)15(5)8-3/h14-16H,6-12H2,1-5H3,(H,22,23). The first-order valence-electron chi connectivity index (χ1n) is 9.14. The number of carbonyl (C=O) groups is 2. The van der Waals surface area contributed by atoms with E-state index in [9.17, 15) is 20.0 Å². The molecule has 0 amide bonds. The van der Waals surface area contributed by atoms with Crippen molar-refractivity contribution >= 4 is 11.9 Å². The summed E-state index contributed by atoms with van der Waals surface area (Å²) in [6, 6.07) is 1.97. The fourth-order valence-electron chi connectivity index (χ4n) is 3.09. The number of carbonyl (C=O) groups excluding carboxylic acids is 1. The van der Waals surface area contributed by atoms with Gasteiger partial charge in [0.25, 0.3) is 0 Å². The van der Waals surface area contributed by atoms with Crippen molar-refractivity contribution in [2.45, 2.75) is 73.1 Å². The van der Waals surface area contributed by atoms with Crippen molar-refractivity contribution < 1.29 is 19.4 Å². The van der Waals surface area contributed by atoms with Crippen LogP contribution in [-0.2, 0) is 14.3 Å². The van der Waals surface area contributed by atoms with E-state index in [4.69, 9.17) is 4.74 Å². The first-order chi connectivity index (χ1) is 11.3. The Morgan fingerprint density at radius 3 is 2.17 bits per heavy atom. The Bertz CT molecular complexity index is 443. The smallest absolute Gasteiger partial charge is 0.325 e. The van der Waals surface area contributed by atoms with Gasteiger partial charge in [0.15, 0.2) is 5.41 Å². The third-order valence-corrected chi connectivity index (χ3v) is 5.13.